The number of carbonyl (C=O) groups excluding carboxylic acids is 1. The van der Waals surface area contributed by atoms with E-state index >= 15 is 0 Å². The van der Waals surface area contributed by atoms with E-state index in [0.29, 0.717) is 13.3 Å². The van der Waals surface area contributed by atoms with Crippen LogP contribution in [0.1, 0.15) is 72.9 Å². The van der Waals surface area contributed by atoms with E-state index in [2.05, 4.69) is 64.6 Å². The summed E-state index contributed by atoms with van der Waals surface area (Å²) in [4.78, 5) is 14.0. The molecule has 216 valence electrons. The van der Waals surface area contributed by atoms with E-state index in [-0.39, 0.29) is 5.92 Å². The van der Waals surface area contributed by atoms with Crippen LogP contribution in [0.5, 0.6) is 0 Å². The summed E-state index contributed by atoms with van der Waals surface area (Å²) in [5, 5.41) is 5.04. The van der Waals surface area contributed by atoms with Gasteiger partial charge in [-0.2, -0.15) is 5.10 Å². The Labute approximate surface area is 243 Å². The Hall–Kier alpha value is -2.96. The minimum atomic E-state index is -1.13. The molecule has 5 nitrogen and oxygen atoms in total. The molecule has 1 aliphatic carbocycles. The Morgan fingerprint density at radius 1 is 1.12 bits per heavy atom. The van der Waals surface area contributed by atoms with Gasteiger partial charge in [-0.05, 0) is 104 Å². The van der Waals surface area contributed by atoms with Gasteiger partial charge in [0.2, 0.25) is 6.41 Å². The summed E-state index contributed by atoms with van der Waals surface area (Å²) < 4.78 is 7.98. The molecule has 0 aliphatic heterocycles. The van der Waals surface area contributed by atoms with Crippen LogP contribution < -0.4 is 4.90 Å². The van der Waals surface area contributed by atoms with Gasteiger partial charge in [-0.3, -0.25) is 4.79 Å². The molecule has 0 fully saturated rings. The maximum Gasteiger partial charge on any atom is 0.214 e. The first-order chi connectivity index (χ1) is 19.2. The Morgan fingerprint density at radius 3 is 2.45 bits per heavy atom. The molecule has 3 rings (SSSR count). The van der Waals surface area contributed by atoms with E-state index < -0.39 is 8.07 Å². The van der Waals surface area contributed by atoms with E-state index in [1.807, 2.05) is 34.7 Å². The molecule has 1 amide bonds. The van der Waals surface area contributed by atoms with Crippen molar-refractivity contribution >= 4 is 31.3 Å². The van der Waals surface area contributed by atoms with Crippen molar-refractivity contribution in [1.29, 1.82) is 0 Å². The van der Waals surface area contributed by atoms with Crippen LogP contribution in [-0.4, -0.2) is 37.4 Å². The number of hydrogen-bond donors (Lipinski definition) is 0. The summed E-state index contributed by atoms with van der Waals surface area (Å²) in [5.41, 5.74) is 9.43. The number of nitrogens with zero attached hydrogens (tertiary/aromatic N) is 3. The topological polar surface area (TPSA) is 47.4 Å². The number of amides is 1. The molecule has 2 aromatic rings. The highest BCUT2D eigenvalue weighted by Gasteiger charge is 2.25. The van der Waals surface area contributed by atoms with Crippen molar-refractivity contribution in [3.05, 3.63) is 84.2 Å². The Balaban J connectivity index is 2.11. The van der Waals surface area contributed by atoms with Crippen molar-refractivity contribution in [2.24, 2.45) is 0 Å². The fourth-order valence-corrected chi connectivity index (χ4v) is 6.34. The first-order valence-electron chi connectivity index (χ1n) is 14.7. The van der Waals surface area contributed by atoms with E-state index in [1.165, 1.54) is 33.4 Å². The van der Waals surface area contributed by atoms with Crippen molar-refractivity contribution < 1.29 is 9.53 Å². The number of ether oxygens (including phenoxy) is 1. The van der Waals surface area contributed by atoms with Gasteiger partial charge in [-0.1, -0.05) is 43.9 Å². The number of benzene rings is 1. The third-order valence-corrected chi connectivity index (χ3v) is 9.45. The highest BCUT2D eigenvalue weighted by Crippen LogP contribution is 2.42. The van der Waals surface area contributed by atoms with E-state index in [4.69, 9.17) is 9.84 Å². The van der Waals surface area contributed by atoms with Gasteiger partial charge in [-0.25, -0.2) is 4.68 Å². The summed E-state index contributed by atoms with van der Waals surface area (Å²) in [5.74, 6) is 0.228. The molecule has 0 spiro atoms. The summed E-state index contributed by atoms with van der Waals surface area (Å²) in [6.07, 6.45) is 14.4. The normalized spacial score (nSPS) is 13.7. The Bertz CT molecular complexity index is 1220. The van der Waals surface area contributed by atoms with Gasteiger partial charge < -0.3 is 9.64 Å². The number of hydrogen-bond acceptors (Lipinski definition) is 3. The minimum absolute atomic E-state index is 0.228. The molecular weight excluding hydrogens is 510 g/mol. The van der Waals surface area contributed by atoms with Crippen LogP contribution in [0, 0.1) is 6.92 Å². The minimum Gasteiger partial charge on any atom is -0.360 e. The zero-order valence-electron chi connectivity index (χ0n) is 25.5. The summed E-state index contributed by atoms with van der Waals surface area (Å²) in [6.45, 7) is 25.2. The van der Waals surface area contributed by atoms with Crippen LogP contribution in [0.2, 0.25) is 25.7 Å². The van der Waals surface area contributed by atoms with E-state index in [1.54, 1.807) is 0 Å². The summed E-state index contributed by atoms with van der Waals surface area (Å²) >= 11 is 0. The fraction of sp³-hybridized carbons (Fsp3) is 0.471. The Kier molecular flexibility index (Phi) is 11.5. The molecule has 0 atom stereocenters. The zero-order valence-corrected chi connectivity index (χ0v) is 26.5. The smallest absolute Gasteiger partial charge is 0.214 e. The number of fused-ring (bicyclic) bond motifs is 1. The van der Waals surface area contributed by atoms with Gasteiger partial charge in [0.1, 0.15) is 6.73 Å². The molecule has 1 aliphatic rings. The predicted molar refractivity (Wildman–Crippen MR) is 174 cm³/mol. The standard InChI is InChI=1S/C34H49N3O2Si/c1-9-14-27(15-10-2)32-21-26(5)31(22-33(32)36(12-4)24-38)29-18-13-17-28-23-37(25-39-19-20-40(6,7)8)35-34(28)30(29)16-11-3/h9-11,21-24,27H,1-3,12-20,25H2,4-8H3. The lowest BCUT2D eigenvalue weighted by Gasteiger charge is -2.27. The first kappa shape index (κ1) is 31.6. The van der Waals surface area contributed by atoms with Crippen molar-refractivity contribution in [1.82, 2.24) is 9.78 Å². The van der Waals surface area contributed by atoms with Crippen LogP contribution in [-0.2, 0) is 22.7 Å². The lowest BCUT2D eigenvalue weighted by molar-refractivity contribution is -0.107. The maximum absolute atomic E-state index is 12.2. The average Bonchev–Trinajstić information content (AvgIpc) is 3.24. The van der Waals surface area contributed by atoms with Gasteiger partial charge in [0.15, 0.2) is 0 Å². The lowest BCUT2D eigenvalue weighted by Crippen LogP contribution is -2.23. The number of allylic oxidation sites excluding steroid dienone is 5. The third kappa shape index (κ3) is 7.82. The lowest BCUT2D eigenvalue weighted by atomic mass is 9.84. The van der Waals surface area contributed by atoms with E-state index in [0.717, 1.165) is 69.0 Å². The molecule has 0 unspecified atom stereocenters. The largest absolute Gasteiger partial charge is 0.360 e. The van der Waals surface area contributed by atoms with Crippen molar-refractivity contribution in [2.45, 2.75) is 90.7 Å². The third-order valence-electron chi connectivity index (χ3n) is 7.75. The molecule has 0 N–H and O–H groups in total. The SMILES string of the molecule is C=CCC1=C(c2cc(N(C=O)CC)c(C(CC=C)CC=C)cc2C)CCCc2cn(COCC[Si](C)(C)C)nc21. The van der Waals surface area contributed by atoms with Crippen molar-refractivity contribution in [3.8, 4) is 0 Å². The maximum atomic E-state index is 12.2. The molecule has 0 bridgehead atoms. The highest BCUT2D eigenvalue weighted by molar-refractivity contribution is 6.76. The van der Waals surface area contributed by atoms with Crippen LogP contribution in [0.4, 0.5) is 5.69 Å². The number of rotatable bonds is 16. The molecule has 0 saturated carbocycles. The summed E-state index contributed by atoms with van der Waals surface area (Å²) in [7, 11) is -1.13. The van der Waals surface area contributed by atoms with Gasteiger partial charge in [-0.15, -0.1) is 19.7 Å². The number of carbonyl (C=O) groups is 1. The highest BCUT2D eigenvalue weighted by atomic mass is 28.3. The van der Waals surface area contributed by atoms with Crippen molar-refractivity contribution in [2.75, 3.05) is 18.1 Å². The van der Waals surface area contributed by atoms with Gasteiger partial charge in [0.05, 0.1) is 5.69 Å². The predicted octanol–water partition coefficient (Wildman–Crippen LogP) is 8.55. The van der Waals surface area contributed by atoms with E-state index in [9.17, 15) is 4.79 Å². The molecule has 1 aromatic carbocycles. The summed E-state index contributed by atoms with van der Waals surface area (Å²) in [6, 6.07) is 5.67. The number of anilines is 1. The zero-order chi connectivity index (χ0) is 29.3. The van der Waals surface area contributed by atoms with Crippen LogP contribution in [0.15, 0.2) is 56.3 Å². The number of aryl methyl sites for hydroxylation is 2. The molecule has 0 saturated heterocycles. The van der Waals surface area contributed by atoms with Gasteiger partial charge >= 0.3 is 0 Å². The van der Waals surface area contributed by atoms with Crippen molar-refractivity contribution in [3.63, 3.8) is 0 Å². The second kappa shape index (κ2) is 14.6. The van der Waals surface area contributed by atoms with Gasteiger partial charge in [0.25, 0.3) is 0 Å². The molecule has 40 heavy (non-hydrogen) atoms. The quantitative estimate of drug-likeness (QED) is 0.0896. The molecule has 0 radical (unpaired) electrons. The van der Waals surface area contributed by atoms with Crippen LogP contribution in [0.25, 0.3) is 11.1 Å². The van der Waals surface area contributed by atoms with Crippen LogP contribution in [0.3, 0.4) is 0 Å². The second-order valence-electron chi connectivity index (χ2n) is 12.1. The Morgan fingerprint density at radius 2 is 1.85 bits per heavy atom. The molecule has 1 aromatic heterocycles. The average molecular weight is 560 g/mol. The second-order valence-corrected chi connectivity index (χ2v) is 17.7. The fourth-order valence-electron chi connectivity index (χ4n) is 5.59. The first-order valence-corrected chi connectivity index (χ1v) is 18.4. The molecule has 6 heteroatoms. The monoisotopic (exact) mass is 559 g/mol. The molecule has 1 heterocycles. The van der Waals surface area contributed by atoms with Crippen LogP contribution >= 0.6 is 0 Å². The molecular formula is C34H49N3O2Si. The number of aromatic nitrogens is 2. The van der Waals surface area contributed by atoms with Gasteiger partial charge in [0, 0.05) is 33.1 Å².